The number of para-hydroxylation sites is 1. The molecule has 0 unspecified atom stereocenters. The normalized spacial score (nSPS) is 10.8. The van der Waals surface area contributed by atoms with Gasteiger partial charge in [0.2, 0.25) is 0 Å². The molecule has 0 aliphatic rings. The van der Waals surface area contributed by atoms with E-state index in [9.17, 15) is 0 Å². The van der Waals surface area contributed by atoms with E-state index in [0.29, 0.717) is 0 Å². The van der Waals surface area contributed by atoms with E-state index in [1.807, 2.05) is 72.9 Å². The minimum Gasteiger partial charge on any atom is -0.279 e. The average Bonchev–Trinajstić information content (AvgIpc) is 2.57. The van der Waals surface area contributed by atoms with Gasteiger partial charge >= 0.3 is 0 Å². The van der Waals surface area contributed by atoms with Crippen LogP contribution < -0.4 is 5.43 Å². The summed E-state index contributed by atoms with van der Waals surface area (Å²) in [5.74, 6) is 0. The number of hydrazone groups is 1. The van der Waals surface area contributed by atoms with Crippen LogP contribution in [0.15, 0.2) is 84.0 Å². The lowest BCUT2D eigenvalue weighted by atomic mass is 10.0. The first-order chi connectivity index (χ1) is 10.8. The number of nitrogens with zero attached hydrogens (tertiary/aromatic N) is 1. The number of anilines is 1. The molecule has 0 aliphatic carbocycles. The Morgan fingerprint density at radius 3 is 2.32 bits per heavy atom. The molecule has 1 N–H and O–H groups in total. The van der Waals surface area contributed by atoms with E-state index >= 15 is 0 Å². The molecule has 3 rings (SSSR count). The highest BCUT2D eigenvalue weighted by Crippen LogP contribution is 2.22. The Morgan fingerprint density at radius 2 is 1.55 bits per heavy atom. The van der Waals surface area contributed by atoms with E-state index in [-0.39, 0.29) is 0 Å². The lowest BCUT2D eigenvalue weighted by Crippen LogP contribution is -1.90. The standard InChI is InChI=1S/C19H15ClN2/c20-18-11-9-16(10-12-18)17-6-4-5-15(13-17)14-21-22-19-7-2-1-3-8-19/h1-14,22H/b21-14+. The first kappa shape index (κ1) is 14.4. The molecule has 3 heteroatoms. The van der Waals surface area contributed by atoms with Gasteiger partial charge in [-0.05, 0) is 47.0 Å². The topological polar surface area (TPSA) is 24.4 Å². The summed E-state index contributed by atoms with van der Waals surface area (Å²) in [4.78, 5) is 0. The van der Waals surface area contributed by atoms with Crippen LogP contribution in [-0.4, -0.2) is 6.21 Å². The van der Waals surface area contributed by atoms with Crippen LogP contribution in [0.4, 0.5) is 5.69 Å². The second kappa shape index (κ2) is 6.92. The smallest absolute Gasteiger partial charge is 0.0561 e. The Morgan fingerprint density at radius 1 is 0.773 bits per heavy atom. The Balaban J connectivity index is 1.75. The van der Waals surface area contributed by atoms with Crippen LogP contribution >= 0.6 is 11.6 Å². The second-order valence-electron chi connectivity index (χ2n) is 4.87. The van der Waals surface area contributed by atoms with Gasteiger partial charge in [-0.15, -0.1) is 0 Å². The third-order valence-electron chi connectivity index (χ3n) is 3.25. The predicted octanol–water partition coefficient (Wildman–Crippen LogP) is 5.45. The van der Waals surface area contributed by atoms with Gasteiger partial charge in [-0.2, -0.15) is 5.10 Å². The van der Waals surface area contributed by atoms with Crippen LogP contribution in [0.3, 0.4) is 0 Å². The largest absolute Gasteiger partial charge is 0.279 e. The number of rotatable bonds is 4. The van der Waals surface area contributed by atoms with Crippen molar-refractivity contribution < 1.29 is 0 Å². The maximum Gasteiger partial charge on any atom is 0.0561 e. The lowest BCUT2D eigenvalue weighted by Gasteiger charge is -2.03. The third kappa shape index (κ3) is 3.74. The Kier molecular flexibility index (Phi) is 4.52. The molecule has 0 fully saturated rings. The SMILES string of the molecule is Clc1ccc(-c2cccc(/C=N/Nc3ccccc3)c2)cc1. The van der Waals surface area contributed by atoms with Crippen molar-refractivity contribution in [3.05, 3.63) is 89.4 Å². The van der Waals surface area contributed by atoms with Crippen molar-refractivity contribution in [2.24, 2.45) is 5.10 Å². The Bertz CT molecular complexity index is 765. The summed E-state index contributed by atoms with van der Waals surface area (Å²) in [6, 6.07) is 25.9. The van der Waals surface area contributed by atoms with Crippen LogP contribution in [0.5, 0.6) is 0 Å². The predicted molar refractivity (Wildman–Crippen MR) is 94.5 cm³/mol. The number of halogens is 1. The maximum absolute atomic E-state index is 5.93. The highest BCUT2D eigenvalue weighted by atomic mass is 35.5. The first-order valence-corrected chi connectivity index (χ1v) is 7.39. The highest BCUT2D eigenvalue weighted by molar-refractivity contribution is 6.30. The van der Waals surface area contributed by atoms with Gasteiger partial charge in [0.05, 0.1) is 11.9 Å². The molecule has 0 bridgehead atoms. The van der Waals surface area contributed by atoms with Crippen LogP contribution in [0.1, 0.15) is 5.56 Å². The zero-order valence-electron chi connectivity index (χ0n) is 11.9. The first-order valence-electron chi connectivity index (χ1n) is 7.01. The Labute approximate surface area is 135 Å². The van der Waals surface area contributed by atoms with Crippen LogP contribution in [0.25, 0.3) is 11.1 Å². The zero-order valence-corrected chi connectivity index (χ0v) is 12.7. The molecule has 0 atom stereocenters. The van der Waals surface area contributed by atoms with Crippen molar-refractivity contribution in [2.75, 3.05) is 5.43 Å². The van der Waals surface area contributed by atoms with Gasteiger partial charge in [0.1, 0.15) is 0 Å². The molecule has 22 heavy (non-hydrogen) atoms. The fourth-order valence-electron chi connectivity index (χ4n) is 2.13. The van der Waals surface area contributed by atoms with Gasteiger partial charge in [0, 0.05) is 5.02 Å². The van der Waals surface area contributed by atoms with Crippen molar-refractivity contribution >= 4 is 23.5 Å². The summed E-state index contributed by atoms with van der Waals surface area (Å²) in [6.45, 7) is 0. The lowest BCUT2D eigenvalue weighted by molar-refractivity contribution is 1.35. The molecule has 0 aromatic heterocycles. The highest BCUT2D eigenvalue weighted by Gasteiger charge is 1.98. The molecule has 3 aromatic rings. The fraction of sp³-hybridized carbons (Fsp3) is 0. The van der Waals surface area contributed by atoms with E-state index in [2.05, 4.69) is 22.7 Å². The van der Waals surface area contributed by atoms with Crippen molar-refractivity contribution in [3.8, 4) is 11.1 Å². The number of benzene rings is 3. The van der Waals surface area contributed by atoms with Crippen molar-refractivity contribution in [2.45, 2.75) is 0 Å². The molecule has 3 aromatic carbocycles. The summed E-state index contributed by atoms with van der Waals surface area (Å²) < 4.78 is 0. The van der Waals surface area contributed by atoms with Gasteiger partial charge < -0.3 is 0 Å². The third-order valence-corrected chi connectivity index (χ3v) is 3.50. The van der Waals surface area contributed by atoms with E-state index < -0.39 is 0 Å². The molecule has 0 aliphatic heterocycles. The molecular weight excluding hydrogens is 292 g/mol. The second-order valence-corrected chi connectivity index (χ2v) is 5.30. The monoisotopic (exact) mass is 306 g/mol. The van der Waals surface area contributed by atoms with Gasteiger partial charge in [-0.1, -0.05) is 60.1 Å². The van der Waals surface area contributed by atoms with Crippen LogP contribution in [0.2, 0.25) is 5.02 Å². The number of hydrogen-bond acceptors (Lipinski definition) is 2. The molecular formula is C19H15ClN2. The van der Waals surface area contributed by atoms with Gasteiger partial charge in [-0.25, -0.2) is 0 Å². The van der Waals surface area contributed by atoms with Gasteiger partial charge in [0.15, 0.2) is 0 Å². The van der Waals surface area contributed by atoms with E-state index in [0.717, 1.165) is 27.4 Å². The summed E-state index contributed by atoms with van der Waals surface area (Å²) in [5, 5.41) is 5.01. The van der Waals surface area contributed by atoms with Crippen molar-refractivity contribution in [3.63, 3.8) is 0 Å². The van der Waals surface area contributed by atoms with Crippen molar-refractivity contribution in [1.29, 1.82) is 0 Å². The minimum atomic E-state index is 0.744. The fourth-order valence-corrected chi connectivity index (χ4v) is 2.26. The maximum atomic E-state index is 5.93. The molecule has 108 valence electrons. The Hall–Kier alpha value is -2.58. The molecule has 0 radical (unpaired) electrons. The molecule has 2 nitrogen and oxygen atoms in total. The quantitative estimate of drug-likeness (QED) is 0.503. The van der Waals surface area contributed by atoms with E-state index in [4.69, 9.17) is 11.6 Å². The van der Waals surface area contributed by atoms with Crippen LogP contribution in [0, 0.1) is 0 Å². The molecule has 0 amide bonds. The minimum absolute atomic E-state index is 0.744. The summed E-state index contributed by atoms with van der Waals surface area (Å²) in [5.41, 5.74) is 7.29. The molecule has 0 heterocycles. The van der Waals surface area contributed by atoms with Gasteiger partial charge in [-0.3, -0.25) is 5.43 Å². The average molecular weight is 307 g/mol. The molecule has 0 spiro atoms. The summed E-state index contributed by atoms with van der Waals surface area (Å²) in [7, 11) is 0. The van der Waals surface area contributed by atoms with Crippen molar-refractivity contribution in [1.82, 2.24) is 0 Å². The van der Waals surface area contributed by atoms with E-state index in [1.165, 1.54) is 0 Å². The number of nitrogens with one attached hydrogen (secondary N) is 1. The van der Waals surface area contributed by atoms with Crippen LogP contribution in [-0.2, 0) is 0 Å². The molecule has 0 saturated heterocycles. The van der Waals surface area contributed by atoms with Gasteiger partial charge in [0.25, 0.3) is 0 Å². The molecule has 0 saturated carbocycles. The van der Waals surface area contributed by atoms with E-state index in [1.54, 1.807) is 0 Å². The summed E-state index contributed by atoms with van der Waals surface area (Å²) in [6.07, 6.45) is 1.81. The number of hydrogen-bond donors (Lipinski definition) is 1. The zero-order chi connectivity index (χ0) is 15.2. The summed E-state index contributed by atoms with van der Waals surface area (Å²) >= 11 is 5.93.